The number of carbonyl (C=O) groups excluding carboxylic acids is 1. The molecule has 1 aliphatic rings. The molecule has 206 valence electrons. The van der Waals surface area contributed by atoms with Crippen LogP contribution < -0.4 is 20.1 Å². The molecule has 11 heteroatoms. The Hall–Kier alpha value is -3.47. The van der Waals surface area contributed by atoms with Crippen molar-refractivity contribution >= 4 is 56.8 Å². The third-order valence-corrected chi connectivity index (χ3v) is 8.06. The van der Waals surface area contributed by atoms with Crippen molar-refractivity contribution in [1.29, 1.82) is 0 Å². The Morgan fingerprint density at radius 3 is 2.70 bits per heavy atom. The third-order valence-electron chi connectivity index (χ3n) is 6.31. The molecule has 0 bridgehead atoms. The fourth-order valence-corrected chi connectivity index (χ4v) is 5.99. The van der Waals surface area contributed by atoms with Crippen molar-refractivity contribution in [2.24, 2.45) is 0 Å². The second-order valence-electron chi connectivity index (χ2n) is 8.88. The summed E-state index contributed by atoms with van der Waals surface area (Å²) in [6.07, 6.45) is 0. The Balaban J connectivity index is 1.55. The lowest BCUT2D eigenvalue weighted by Crippen LogP contribution is -2.32. The molecular weight excluding hydrogens is 614 g/mol. The molecule has 0 radical (unpaired) electrons. The zero-order chi connectivity index (χ0) is 28.2. The van der Waals surface area contributed by atoms with Gasteiger partial charge in [0.05, 0.1) is 25.0 Å². The van der Waals surface area contributed by atoms with Gasteiger partial charge in [0, 0.05) is 26.5 Å². The van der Waals surface area contributed by atoms with Gasteiger partial charge < -0.3 is 20.1 Å². The number of anilines is 2. The number of thioether (sulfide) groups is 1. The largest absolute Gasteiger partial charge is 0.496 e. The number of nitrogens with zero attached hydrogens (tertiary/aromatic N) is 3. The quantitative estimate of drug-likeness (QED) is 0.185. The van der Waals surface area contributed by atoms with Gasteiger partial charge in [0.15, 0.2) is 0 Å². The number of para-hydroxylation sites is 2. The van der Waals surface area contributed by atoms with Gasteiger partial charge in [-0.05, 0) is 55.8 Å². The topological polar surface area (TPSA) is 90.3 Å². The Morgan fingerprint density at radius 1 is 1.15 bits per heavy atom. The van der Waals surface area contributed by atoms with Crippen molar-refractivity contribution in [3.8, 4) is 11.5 Å². The molecule has 0 fully saturated rings. The number of ether oxygens (including phenoxy) is 2. The average Bonchev–Trinajstić information content (AvgIpc) is 3.35. The monoisotopic (exact) mass is 639 g/mol. The van der Waals surface area contributed by atoms with Crippen LogP contribution in [-0.4, -0.2) is 34.4 Å². The van der Waals surface area contributed by atoms with Gasteiger partial charge >= 0.3 is 0 Å². The number of nitrogens with one attached hydrogen (secondary N) is 2. The molecule has 8 nitrogen and oxygen atoms in total. The van der Waals surface area contributed by atoms with E-state index < -0.39 is 6.04 Å². The van der Waals surface area contributed by atoms with Crippen LogP contribution in [0, 0.1) is 0 Å². The number of hydrogen-bond donors (Lipinski definition) is 2. The van der Waals surface area contributed by atoms with Crippen LogP contribution >= 0.6 is 39.3 Å². The van der Waals surface area contributed by atoms with Crippen LogP contribution in [0.1, 0.15) is 31.0 Å². The highest BCUT2D eigenvalue weighted by Gasteiger charge is 2.36. The Morgan fingerprint density at radius 2 is 1.93 bits per heavy atom. The molecule has 4 aromatic rings. The number of amides is 1. The smallest absolute Gasteiger partial charge is 0.255 e. The summed E-state index contributed by atoms with van der Waals surface area (Å²) in [6.45, 7) is 4.24. The van der Waals surface area contributed by atoms with E-state index in [1.165, 1.54) is 11.8 Å². The highest BCUT2D eigenvalue weighted by molar-refractivity contribution is 9.10. The summed E-state index contributed by atoms with van der Waals surface area (Å²) in [5.41, 5.74) is 3.45. The number of halogens is 2. The number of fused-ring (bicyclic) bond motifs is 1. The van der Waals surface area contributed by atoms with Gasteiger partial charge in [-0.1, -0.05) is 69.6 Å². The standard InChI is InChI=1S/C29H27BrClN5O3S/c1-4-39-24-12-8-7-11-22(24)33-27(37)25-17(2)32-28-34-29(40-16-18-9-5-6-10-21(18)31)35-36(28)26(25)20-15-19(30)13-14-23(20)38-3/h5-15,26H,4,16H2,1-3H3,(H,33,37)(H,32,34,35). The minimum Gasteiger partial charge on any atom is -0.496 e. The number of benzene rings is 3. The van der Waals surface area contributed by atoms with Gasteiger partial charge in [0.1, 0.15) is 17.5 Å². The van der Waals surface area contributed by atoms with Crippen LogP contribution in [0.15, 0.2) is 87.6 Å². The van der Waals surface area contributed by atoms with Gasteiger partial charge in [0.25, 0.3) is 5.91 Å². The predicted molar refractivity (Wildman–Crippen MR) is 162 cm³/mol. The number of rotatable bonds is 9. The predicted octanol–water partition coefficient (Wildman–Crippen LogP) is 7.32. The number of aromatic nitrogens is 3. The third kappa shape index (κ3) is 5.84. The molecule has 2 heterocycles. The highest BCUT2D eigenvalue weighted by atomic mass is 79.9. The van der Waals surface area contributed by atoms with Crippen molar-refractivity contribution in [2.75, 3.05) is 24.4 Å². The fraction of sp³-hybridized carbons (Fsp3) is 0.207. The van der Waals surface area contributed by atoms with Crippen LogP contribution in [-0.2, 0) is 10.5 Å². The van der Waals surface area contributed by atoms with E-state index in [1.807, 2.05) is 80.6 Å². The van der Waals surface area contributed by atoms with E-state index in [9.17, 15) is 4.79 Å². The molecule has 1 amide bonds. The molecule has 40 heavy (non-hydrogen) atoms. The fourth-order valence-electron chi connectivity index (χ4n) is 4.49. The first-order chi connectivity index (χ1) is 19.4. The Labute approximate surface area is 250 Å². The minimum atomic E-state index is -0.620. The van der Waals surface area contributed by atoms with E-state index in [0.29, 0.717) is 56.9 Å². The highest BCUT2D eigenvalue weighted by Crippen LogP contribution is 2.42. The molecule has 1 aromatic heterocycles. The van der Waals surface area contributed by atoms with Crippen LogP contribution in [0.25, 0.3) is 0 Å². The zero-order valence-corrected chi connectivity index (χ0v) is 25.2. The number of allylic oxidation sites excluding steroid dienone is 1. The first-order valence-electron chi connectivity index (χ1n) is 12.6. The average molecular weight is 641 g/mol. The van der Waals surface area contributed by atoms with Crippen molar-refractivity contribution < 1.29 is 14.3 Å². The second-order valence-corrected chi connectivity index (χ2v) is 11.1. The molecule has 0 spiro atoms. The van der Waals surface area contributed by atoms with E-state index in [-0.39, 0.29) is 5.91 Å². The zero-order valence-electron chi connectivity index (χ0n) is 22.1. The first kappa shape index (κ1) is 28.1. The second kappa shape index (κ2) is 12.4. The summed E-state index contributed by atoms with van der Waals surface area (Å²) < 4.78 is 14.0. The Bertz CT molecular complexity index is 1590. The summed E-state index contributed by atoms with van der Waals surface area (Å²) in [7, 11) is 1.61. The Kier molecular flexibility index (Phi) is 8.68. The summed E-state index contributed by atoms with van der Waals surface area (Å²) in [6, 6.07) is 20.1. The van der Waals surface area contributed by atoms with Gasteiger partial charge in [-0.2, -0.15) is 4.98 Å². The lowest BCUT2D eigenvalue weighted by atomic mass is 9.94. The molecule has 1 atom stereocenters. The maximum Gasteiger partial charge on any atom is 0.255 e. The summed E-state index contributed by atoms with van der Waals surface area (Å²) >= 11 is 11.4. The van der Waals surface area contributed by atoms with E-state index in [2.05, 4.69) is 26.6 Å². The van der Waals surface area contributed by atoms with Crippen molar-refractivity contribution in [1.82, 2.24) is 14.8 Å². The van der Waals surface area contributed by atoms with E-state index in [4.69, 9.17) is 31.2 Å². The number of methoxy groups -OCH3 is 1. The molecule has 5 rings (SSSR count). The van der Waals surface area contributed by atoms with E-state index in [0.717, 1.165) is 15.6 Å². The van der Waals surface area contributed by atoms with Gasteiger partial charge in [-0.25, -0.2) is 4.68 Å². The molecule has 0 aliphatic carbocycles. The van der Waals surface area contributed by atoms with Crippen LogP contribution in [0.4, 0.5) is 11.6 Å². The molecule has 2 N–H and O–H groups in total. The van der Waals surface area contributed by atoms with Crippen LogP contribution in [0.2, 0.25) is 5.02 Å². The number of carbonyl (C=O) groups is 1. The van der Waals surface area contributed by atoms with Crippen molar-refractivity contribution in [3.05, 3.63) is 98.6 Å². The molecule has 0 saturated heterocycles. The minimum absolute atomic E-state index is 0.296. The van der Waals surface area contributed by atoms with Gasteiger partial charge in [-0.3, -0.25) is 4.79 Å². The van der Waals surface area contributed by atoms with Crippen LogP contribution in [0.3, 0.4) is 0 Å². The SMILES string of the molecule is CCOc1ccccc1NC(=O)C1=C(C)Nc2nc(SCc3ccccc3Cl)nn2C1c1cc(Br)ccc1OC. The molecule has 0 saturated carbocycles. The lowest BCUT2D eigenvalue weighted by Gasteiger charge is -2.29. The number of hydrogen-bond acceptors (Lipinski definition) is 7. The van der Waals surface area contributed by atoms with Crippen LogP contribution in [0.5, 0.6) is 11.5 Å². The van der Waals surface area contributed by atoms with Crippen molar-refractivity contribution in [2.45, 2.75) is 30.8 Å². The molecule has 3 aromatic carbocycles. The van der Waals surface area contributed by atoms with E-state index >= 15 is 0 Å². The van der Waals surface area contributed by atoms with E-state index in [1.54, 1.807) is 11.8 Å². The lowest BCUT2D eigenvalue weighted by molar-refractivity contribution is -0.113. The summed E-state index contributed by atoms with van der Waals surface area (Å²) in [4.78, 5) is 18.7. The molecule has 1 aliphatic heterocycles. The molecule has 1 unspecified atom stereocenters. The molecular formula is C29H27BrClN5O3S. The first-order valence-corrected chi connectivity index (χ1v) is 14.7. The van der Waals surface area contributed by atoms with Crippen molar-refractivity contribution in [3.63, 3.8) is 0 Å². The maximum atomic E-state index is 14.0. The summed E-state index contributed by atoms with van der Waals surface area (Å²) in [5, 5.41) is 12.4. The van der Waals surface area contributed by atoms with Gasteiger partial charge in [-0.15, -0.1) is 5.10 Å². The summed E-state index contributed by atoms with van der Waals surface area (Å²) in [5.74, 6) is 2.04. The maximum absolute atomic E-state index is 14.0. The van der Waals surface area contributed by atoms with Gasteiger partial charge in [0.2, 0.25) is 11.1 Å². The normalized spacial score (nSPS) is 14.4.